The molecule has 0 saturated carbocycles. The van der Waals surface area contributed by atoms with Crippen LogP contribution >= 0.6 is 0 Å². The summed E-state index contributed by atoms with van der Waals surface area (Å²) in [5.41, 5.74) is -0.974. The van der Waals surface area contributed by atoms with Gasteiger partial charge in [-0.25, -0.2) is 0 Å². The minimum absolute atomic E-state index is 0.102. The maximum Gasteiger partial charge on any atom is 0.432 e. The topological polar surface area (TPSA) is 57.8 Å². The second kappa shape index (κ2) is 4.83. The van der Waals surface area contributed by atoms with Crippen molar-refractivity contribution in [1.29, 1.82) is 0 Å². The number of allylic oxidation sites excluding steroid dienone is 2. The first-order valence-corrected chi connectivity index (χ1v) is 5.54. The number of halogens is 3. The molecule has 0 aromatic carbocycles. The van der Waals surface area contributed by atoms with Crippen LogP contribution < -0.4 is 5.32 Å². The van der Waals surface area contributed by atoms with Crippen LogP contribution in [0.2, 0.25) is 0 Å². The maximum absolute atomic E-state index is 12.3. The van der Waals surface area contributed by atoms with Crippen LogP contribution in [-0.2, 0) is 11.0 Å². The third-order valence-corrected chi connectivity index (χ3v) is 2.71. The number of anilines is 1. The standard InChI is InChI=1S/C11H12F3N3O/c12-11(13,14)8-6-9(17-16-8)15-10(18)5-7-3-1-2-4-7/h1,3,6-7H,2,4-5H2,(H2,15,16,17,18). The Morgan fingerprint density at radius 2 is 2.33 bits per heavy atom. The van der Waals surface area contributed by atoms with Gasteiger partial charge in [-0.3, -0.25) is 9.89 Å². The number of rotatable bonds is 3. The summed E-state index contributed by atoms with van der Waals surface area (Å²) in [6.07, 6.45) is 1.58. The summed E-state index contributed by atoms with van der Waals surface area (Å²) < 4.78 is 36.8. The quantitative estimate of drug-likeness (QED) is 0.820. The van der Waals surface area contributed by atoms with Gasteiger partial charge in [0.25, 0.3) is 0 Å². The van der Waals surface area contributed by atoms with Crippen molar-refractivity contribution >= 4 is 11.7 Å². The van der Waals surface area contributed by atoms with E-state index in [0.717, 1.165) is 18.9 Å². The first-order valence-electron chi connectivity index (χ1n) is 5.54. The number of carbonyl (C=O) groups excluding carboxylic acids is 1. The van der Waals surface area contributed by atoms with E-state index in [1.54, 1.807) is 0 Å². The molecule has 0 fully saturated rings. The molecular formula is C11H12F3N3O. The lowest BCUT2D eigenvalue weighted by molar-refractivity contribution is -0.141. The van der Waals surface area contributed by atoms with Crippen LogP contribution in [0.3, 0.4) is 0 Å². The molecule has 7 heteroatoms. The Morgan fingerprint density at radius 3 is 2.89 bits per heavy atom. The molecule has 1 unspecified atom stereocenters. The van der Waals surface area contributed by atoms with E-state index in [1.807, 2.05) is 17.3 Å². The predicted molar refractivity (Wildman–Crippen MR) is 58.7 cm³/mol. The largest absolute Gasteiger partial charge is 0.432 e. The lowest BCUT2D eigenvalue weighted by Crippen LogP contribution is -2.15. The fourth-order valence-corrected chi connectivity index (χ4v) is 1.83. The minimum atomic E-state index is -4.48. The third-order valence-electron chi connectivity index (χ3n) is 2.71. The number of aromatic nitrogens is 2. The van der Waals surface area contributed by atoms with Gasteiger partial charge in [0.15, 0.2) is 5.82 Å². The molecule has 18 heavy (non-hydrogen) atoms. The number of hydrogen-bond donors (Lipinski definition) is 2. The van der Waals surface area contributed by atoms with Crippen molar-refractivity contribution in [3.05, 3.63) is 23.9 Å². The lowest BCUT2D eigenvalue weighted by Gasteiger charge is -2.06. The number of alkyl halides is 3. The number of nitrogens with zero attached hydrogens (tertiary/aromatic N) is 1. The SMILES string of the molecule is O=C(CC1C=CCC1)Nc1cc(C(F)(F)F)[nH]n1. The summed E-state index contributed by atoms with van der Waals surface area (Å²) in [5.74, 6) is -0.257. The Bertz CT molecular complexity index is 464. The van der Waals surface area contributed by atoms with Crippen molar-refractivity contribution in [2.45, 2.75) is 25.4 Å². The van der Waals surface area contributed by atoms with Crippen molar-refractivity contribution in [1.82, 2.24) is 10.2 Å². The number of nitrogens with one attached hydrogen (secondary N) is 2. The van der Waals surface area contributed by atoms with E-state index >= 15 is 0 Å². The molecule has 0 saturated heterocycles. The lowest BCUT2D eigenvalue weighted by atomic mass is 10.1. The van der Waals surface area contributed by atoms with E-state index in [4.69, 9.17) is 0 Å². The summed E-state index contributed by atoms with van der Waals surface area (Å²) in [4.78, 5) is 11.5. The first-order chi connectivity index (χ1) is 8.45. The van der Waals surface area contributed by atoms with Gasteiger partial charge in [-0.2, -0.15) is 18.3 Å². The van der Waals surface area contributed by atoms with Gasteiger partial charge in [0.05, 0.1) is 0 Å². The van der Waals surface area contributed by atoms with Crippen LogP contribution in [0.15, 0.2) is 18.2 Å². The van der Waals surface area contributed by atoms with Crippen molar-refractivity contribution in [3.8, 4) is 0 Å². The number of hydrogen-bond acceptors (Lipinski definition) is 2. The van der Waals surface area contributed by atoms with E-state index in [1.165, 1.54) is 0 Å². The van der Waals surface area contributed by atoms with Crippen molar-refractivity contribution in [3.63, 3.8) is 0 Å². The molecule has 0 spiro atoms. The highest BCUT2D eigenvalue weighted by Gasteiger charge is 2.33. The molecule has 0 radical (unpaired) electrons. The molecular weight excluding hydrogens is 247 g/mol. The maximum atomic E-state index is 12.3. The van der Waals surface area contributed by atoms with Crippen molar-refractivity contribution in [2.24, 2.45) is 5.92 Å². The van der Waals surface area contributed by atoms with E-state index in [0.29, 0.717) is 0 Å². The molecule has 1 aromatic rings. The summed E-state index contributed by atoms with van der Waals surface area (Å²) >= 11 is 0. The average Bonchev–Trinajstić information content (AvgIpc) is 2.87. The molecule has 98 valence electrons. The molecule has 1 amide bonds. The Morgan fingerprint density at radius 1 is 1.56 bits per heavy atom. The fraction of sp³-hybridized carbons (Fsp3) is 0.455. The Labute approximate surface area is 101 Å². The molecule has 1 atom stereocenters. The predicted octanol–water partition coefficient (Wildman–Crippen LogP) is 2.72. The highest BCUT2D eigenvalue weighted by molar-refractivity contribution is 5.90. The number of H-pyrrole nitrogens is 1. The van der Waals surface area contributed by atoms with Gasteiger partial charge in [0.1, 0.15) is 5.69 Å². The molecule has 1 aliphatic carbocycles. The molecule has 1 heterocycles. The van der Waals surface area contributed by atoms with Gasteiger partial charge >= 0.3 is 6.18 Å². The zero-order chi connectivity index (χ0) is 13.2. The summed E-state index contributed by atoms with van der Waals surface area (Å²) in [6, 6.07) is 0.780. The first kappa shape index (κ1) is 12.7. The zero-order valence-corrected chi connectivity index (χ0v) is 9.42. The van der Waals surface area contributed by atoms with Crippen LogP contribution in [0.5, 0.6) is 0 Å². The molecule has 1 aromatic heterocycles. The highest BCUT2D eigenvalue weighted by atomic mass is 19.4. The third kappa shape index (κ3) is 3.12. The second-order valence-electron chi connectivity index (χ2n) is 4.18. The van der Waals surface area contributed by atoms with Crippen LogP contribution in [-0.4, -0.2) is 16.1 Å². The van der Waals surface area contributed by atoms with Gasteiger partial charge in [-0.15, -0.1) is 0 Å². The molecule has 0 aliphatic heterocycles. The van der Waals surface area contributed by atoms with Gasteiger partial charge in [0, 0.05) is 12.5 Å². The number of carbonyl (C=O) groups is 1. The van der Waals surface area contributed by atoms with Crippen molar-refractivity contribution < 1.29 is 18.0 Å². The second-order valence-corrected chi connectivity index (χ2v) is 4.18. The summed E-state index contributed by atoms with van der Waals surface area (Å²) in [6.45, 7) is 0. The van der Waals surface area contributed by atoms with Crippen LogP contribution in [0.4, 0.5) is 19.0 Å². The molecule has 2 N–H and O–H groups in total. The molecule has 4 nitrogen and oxygen atoms in total. The van der Waals surface area contributed by atoms with E-state index in [2.05, 4.69) is 10.4 Å². The van der Waals surface area contributed by atoms with Gasteiger partial charge in [-0.1, -0.05) is 12.2 Å². The zero-order valence-electron chi connectivity index (χ0n) is 9.42. The van der Waals surface area contributed by atoms with E-state index < -0.39 is 11.9 Å². The normalized spacial score (nSPS) is 19.2. The summed E-state index contributed by atoms with van der Waals surface area (Å²) in [5, 5.41) is 7.59. The number of aromatic amines is 1. The van der Waals surface area contributed by atoms with E-state index in [-0.39, 0.29) is 24.1 Å². The minimum Gasteiger partial charge on any atom is -0.309 e. The summed E-state index contributed by atoms with van der Waals surface area (Å²) in [7, 11) is 0. The molecule has 2 rings (SSSR count). The smallest absolute Gasteiger partial charge is 0.309 e. The number of amides is 1. The average molecular weight is 259 g/mol. The molecule has 1 aliphatic rings. The van der Waals surface area contributed by atoms with E-state index in [9.17, 15) is 18.0 Å². The van der Waals surface area contributed by atoms with Crippen molar-refractivity contribution in [2.75, 3.05) is 5.32 Å². The Balaban J connectivity index is 1.91. The fourth-order valence-electron chi connectivity index (χ4n) is 1.83. The monoisotopic (exact) mass is 259 g/mol. The Kier molecular flexibility index (Phi) is 3.40. The highest BCUT2D eigenvalue weighted by Crippen LogP contribution is 2.29. The van der Waals surface area contributed by atoms with Crippen LogP contribution in [0.1, 0.15) is 25.0 Å². The van der Waals surface area contributed by atoms with Gasteiger partial charge in [0.2, 0.25) is 5.91 Å². The molecule has 0 bridgehead atoms. The van der Waals surface area contributed by atoms with Crippen LogP contribution in [0, 0.1) is 5.92 Å². The van der Waals surface area contributed by atoms with Crippen LogP contribution in [0.25, 0.3) is 0 Å². The Hall–Kier alpha value is -1.79. The van der Waals surface area contributed by atoms with Gasteiger partial charge < -0.3 is 5.32 Å². The van der Waals surface area contributed by atoms with Gasteiger partial charge in [-0.05, 0) is 18.8 Å².